The summed E-state index contributed by atoms with van der Waals surface area (Å²) in [5, 5.41) is 21.8. The summed E-state index contributed by atoms with van der Waals surface area (Å²) in [6.45, 7) is 0. The van der Waals surface area contributed by atoms with Gasteiger partial charge in [-0.1, -0.05) is 41.3 Å². The van der Waals surface area contributed by atoms with Crippen LogP contribution in [0.25, 0.3) is 0 Å². The van der Waals surface area contributed by atoms with Crippen LogP contribution in [0.5, 0.6) is 0 Å². The number of hydrogen-bond acceptors (Lipinski definition) is 6. The average molecular weight is 291 g/mol. The van der Waals surface area contributed by atoms with E-state index in [1.54, 1.807) is 12.1 Å². The van der Waals surface area contributed by atoms with E-state index in [4.69, 9.17) is 5.26 Å². The molecule has 8 heteroatoms. The molecule has 0 aliphatic rings. The van der Waals surface area contributed by atoms with Crippen molar-refractivity contribution in [3.8, 4) is 6.07 Å². The van der Waals surface area contributed by atoms with Crippen LogP contribution in [0.15, 0.2) is 34.7 Å². The Labute approximate surface area is 117 Å². The SMILES string of the molecule is N#CCSc1nnc(NC(=O)Nc2ccccc2)s1. The van der Waals surface area contributed by atoms with Gasteiger partial charge in [0.15, 0.2) is 4.34 Å². The van der Waals surface area contributed by atoms with E-state index in [2.05, 4.69) is 20.8 Å². The third-order valence-electron chi connectivity index (χ3n) is 1.92. The Balaban J connectivity index is 1.89. The van der Waals surface area contributed by atoms with E-state index in [1.165, 1.54) is 23.1 Å². The van der Waals surface area contributed by atoms with E-state index in [0.29, 0.717) is 20.9 Å². The van der Waals surface area contributed by atoms with Crippen LogP contribution in [-0.4, -0.2) is 22.0 Å². The molecule has 1 aromatic carbocycles. The zero-order valence-corrected chi connectivity index (χ0v) is 11.3. The highest BCUT2D eigenvalue weighted by Crippen LogP contribution is 2.24. The van der Waals surface area contributed by atoms with Gasteiger partial charge in [-0.3, -0.25) is 5.32 Å². The van der Waals surface area contributed by atoms with Gasteiger partial charge in [0.2, 0.25) is 5.13 Å². The first-order valence-electron chi connectivity index (χ1n) is 5.24. The second-order valence-electron chi connectivity index (χ2n) is 3.27. The van der Waals surface area contributed by atoms with Crippen molar-refractivity contribution in [3.05, 3.63) is 30.3 Å². The second kappa shape index (κ2) is 6.72. The molecule has 2 amide bonds. The number of aromatic nitrogens is 2. The summed E-state index contributed by atoms with van der Waals surface area (Å²) in [6.07, 6.45) is 0. The minimum atomic E-state index is -0.376. The Bertz CT molecular complexity index is 593. The van der Waals surface area contributed by atoms with Crippen LogP contribution in [-0.2, 0) is 0 Å². The first-order chi connectivity index (χ1) is 9.28. The summed E-state index contributed by atoms with van der Waals surface area (Å²) in [5.41, 5.74) is 0.698. The van der Waals surface area contributed by atoms with Gasteiger partial charge in [0.05, 0.1) is 11.8 Å². The van der Waals surface area contributed by atoms with Gasteiger partial charge in [-0.2, -0.15) is 5.26 Å². The van der Waals surface area contributed by atoms with Crippen molar-refractivity contribution in [2.45, 2.75) is 4.34 Å². The Morgan fingerprint density at radius 1 is 1.32 bits per heavy atom. The van der Waals surface area contributed by atoms with E-state index in [1.807, 2.05) is 24.3 Å². The highest BCUT2D eigenvalue weighted by molar-refractivity contribution is 8.01. The fraction of sp³-hybridized carbons (Fsp3) is 0.0909. The van der Waals surface area contributed by atoms with Gasteiger partial charge in [-0.05, 0) is 12.1 Å². The number of rotatable bonds is 4. The third-order valence-corrected chi connectivity index (χ3v) is 3.76. The van der Waals surface area contributed by atoms with Crippen molar-refractivity contribution < 1.29 is 4.79 Å². The highest BCUT2D eigenvalue weighted by atomic mass is 32.2. The topological polar surface area (TPSA) is 90.7 Å². The first-order valence-corrected chi connectivity index (χ1v) is 7.04. The molecule has 0 bridgehead atoms. The number of hydrogen-bond donors (Lipinski definition) is 2. The number of carbonyl (C=O) groups excluding carboxylic acids is 1. The predicted molar refractivity (Wildman–Crippen MR) is 75.3 cm³/mol. The van der Waals surface area contributed by atoms with Gasteiger partial charge in [-0.25, -0.2) is 4.79 Å². The lowest BCUT2D eigenvalue weighted by atomic mass is 10.3. The van der Waals surface area contributed by atoms with Gasteiger partial charge >= 0.3 is 6.03 Å². The van der Waals surface area contributed by atoms with E-state index in [0.717, 1.165) is 0 Å². The zero-order chi connectivity index (χ0) is 13.5. The molecule has 0 aliphatic heterocycles. The third kappa shape index (κ3) is 4.24. The quantitative estimate of drug-likeness (QED) is 0.667. The number of nitriles is 1. The van der Waals surface area contributed by atoms with Gasteiger partial charge in [-0.15, -0.1) is 10.2 Å². The first kappa shape index (κ1) is 13.3. The van der Waals surface area contributed by atoms with E-state index >= 15 is 0 Å². The highest BCUT2D eigenvalue weighted by Gasteiger charge is 2.08. The Kier molecular flexibility index (Phi) is 4.72. The summed E-state index contributed by atoms with van der Waals surface area (Å²) in [7, 11) is 0. The van der Waals surface area contributed by atoms with Gasteiger partial charge in [0.1, 0.15) is 0 Å². The lowest BCUT2D eigenvalue weighted by Crippen LogP contribution is -2.19. The minimum Gasteiger partial charge on any atom is -0.308 e. The molecule has 0 atom stereocenters. The van der Waals surface area contributed by atoms with Crippen LogP contribution in [0.4, 0.5) is 15.6 Å². The Morgan fingerprint density at radius 2 is 2.11 bits per heavy atom. The lowest BCUT2D eigenvalue weighted by molar-refractivity contribution is 0.262. The van der Waals surface area contributed by atoms with E-state index in [-0.39, 0.29) is 6.03 Å². The van der Waals surface area contributed by atoms with Gasteiger partial charge in [0.25, 0.3) is 0 Å². The summed E-state index contributed by atoms with van der Waals surface area (Å²) in [4.78, 5) is 11.7. The van der Waals surface area contributed by atoms with Gasteiger partial charge < -0.3 is 5.32 Å². The van der Waals surface area contributed by atoms with Crippen LogP contribution in [0, 0.1) is 11.3 Å². The van der Waals surface area contributed by atoms with Crippen LogP contribution in [0.3, 0.4) is 0 Å². The largest absolute Gasteiger partial charge is 0.325 e. The maximum absolute atomic E-state index is 11.7. The summed E-state index contributed by atoms with van der Waals surface area (Å²) >= 11 is 2.51. The molecular weight excluding hydrogens is 282 g/mol. The molecule has 19 heavy (non-hydrogen) atoms. The van der Waals surface area contributed by atoms with E-state index < -0.39 is 0 Å². The second-order valence-corrected chi connectivity index (χ2v) is 5.47. The van der Waals surface area contributed by atoms with E-state index in [9.17, 15) is 4.79 Å². The molecule has 1 heterocycles. The number of amides is 2. The molecule has 96 valence electrons. The smallest absolute Gasteiger partial charge is 0.308 e. The molecule has 0 fully saturated rings. The molecule has 2 N–H and O–H groups in total. The van der Waals surface area contributed by atoms with Crippen LogP contribution in [0.2, 0.25) is 0 Å². The predicted octanol–water partition coefficient (Wildman–Crippen LogP) is 2.80. The summed E-state index contributed by atoms with van der Waals surface area (Å²) in [5.74, 6) is 0.310. The number of carbonyl (C=O) groups is 1. The normalized spacial score (nSPS) is 9.63. The van der Waals surface area contributed by atoms with Crippen LogP contribution in [0.1, 0.15) is 0 Å². The minimum absolute atomic E-state index is 0.310. The summed E-state index contributed by atoms with van der Waals surface area (Å²) in [6, 6.07) is 10.7. The van der Waals surface area contributed by atoms with Crippen molar-refractivity contribution in [2.75, 3.05) is 16.4 Å². The molecule has 0 unspecified atom stereocenters. The van der Waals surface area contributed by atoms with Crippen molar-refractivity contribution in [3.63, 3.8) is 0 Å². The van der Waals surface area contributed by atoms with Crippen molar-refractivity contribution in [2.24, 2.45) is 0 Å². The molecule has 0 radical (unpaired) electrons. The monoisotopic (exact) mass is 291 g/mol. The average Bonchev–Trinajstić information content (AvgIpc) is 2.85. The number of thioether (sulfide) groups is 1. The molecule has 0 spiro atoms. The number of nitrogens with one attached hydrogen (secondary N) is 2. The fourth-order valence-electron chi connectivity index (χ4n) is 1.19. The number of para-hydroxylation sites is 1. The molecule has 0 aliphatic carbocycles. The Hall–Kier alpha value is -2.11. The van der Waals surface area contributed by atoms with Crippen LogP contribution < -0.4 is 10.6 Å². The number of anilines is 2. The molecular formula is C11H9N5OS2. The lowest BCUT2D eigenvalue weighted by Gasteiger charge is -2.03. The Morgan fingerprint density at radius 3 is 2.84 bits per heavy atom. The molecule has 6 nitrogen and oxygen atoms in total. The standard InChI is InChI=1S/C11H9N5OS2/c12-6-7-18-11-16-15-10(19-11)14-9(17)13-8-4-2-1-3-5-8/h1-5H,7H2,(H2,13,14,15,17). The number of nitrogens with zero attached hydrogens (tertiary/aromatic N) is 3. The maximum atomic E-state index is 11.7. The zero-order valence-electron chi connectivity index (χ0n) is 9.66. The van der Waals surface area contributed by atoms with Crippen molar-refractivity contribution in [1.82, 2.24) is 10.2 Å². The molecule has 1 aromatic heterocycles. The molecule has 0 saturated carbocycles. The summed E-state index contributed by atoms with van der Waals surface area (Å²) < 4.78 is 0.650. The van der Waals surface area contributed by atoms with Crippen LogP contribution >= 0.6 is 23.1 Å². The fourth-order valence-corrected chi connectivity index (χ4v) is 2.60. The molecule has 2 aromatic rings. The molecule has 2 rings (SSSR count). The number of benzene rings is 1. The van der Waals surface area contributed by atoms with Crippen molar-refractivity contribution >= 4 is 39.9 Å². The molecule has 0 saturated heterocycles. The van der Waals surface area contributed by atoms with Crippen molar-refractivity contribution in [1.29, 1.82) is 5.26 Å². The number of urea groups is 1. The maximum Gasteiger partial charge on any atom is 0.325 e. The van der Waals surface area contributed by atoms with Gasteiger partial charge in [0, 0.05) is 5.69 Å².